The monoisotopic (exact) mass is 482 g/mol. The SMILES string of the molecule is CCCC1=C(C(=O)OCC)[C@@H](c2ccccc2OC)n2c(sc(=Cc3sccc3C)c2=O)=N1. The molecule has 0 radical (unpaired) electrons. The minimum atomic E-state index is -0.676. The summed E-state index contributed by atoms with van der Waals surface area (Å²) < 4.78 is 13.2. The quantitative estimate of drug-likeness (QED) is 0.478. The van der Waals surface area contributed by atoms with E-state index >= 15 is 0 Å². The van der Waals surface area contributed by atoms with E-state index in [0.29, 0.717) is 32.8 Å². The molecule has 0 unspecified atom stereocenters. The first-order chi connectivity index (χ1) is 16.0. The van der Waals surface area contributed by atoms with Crippen LogP contribution in [0.25, 0.3) is 6.08 Å². The molecule has 3 heterocycles. The van der Waals surface area contributed by atoms with E-state index < -0.39 is 12.0 Å². The Morgan fingerprint density at radius 3 is 2.70 bits per heavy atom. The van der Waals surface area contributed by atoms with Gasteiger partial charge in [0.15, 0.2) is 4.80 Å². The number of ether oxygens (including phenoxy) is 2. The van der Waals surface area contributed by atoms with Crippen LogP contribution in [-0.2, 0) is 9.53 Å². The molecule has 0 fully saturated rings. The van der Waals surface area contributed by atoms with Gasteiger partial charge in [0.05, 0.1) is 29.5 Å². The van der Waals surface area contributed by atoms with E-state index in [1.807, 2.05) is 55.6 Å². The van der Waals surface area contributed by atoms with E-state index in [0.717, 1.165) is 22.4 Å². The highest BCUT2D eigenvalue weighted by Crippen LogP contribution is 2.36. The van der Waals surface area contributed by atoms with Gasteiger partial charge >= 0.3 is 5.97 Å². The molecule has 0 spiro atoms. The molecule has 1 aromatic carbocycles. The number of benzene rings is 1. The van der Waals surface area contributed by atoms with Gasteiger partial charge in [-0.15, -0.1) is 11.3 Å². The molecule has 3 aromatic rings. The Bertz CT molecular complexity index is 1390. The van der Waals surface area contributed by atoms with Crippen molar-refractivity contribution in [3.05, 3.63) is 82.7 Å². The predicted molar refractivity (Wildman–Crippen MR) is 132 cm³/mol. The molecule has 6 nitrogen and oxygen atoms in total. The maximum absolute atomic E-state index is 13.7. The number of hydrogen-bond acceptors (Lipinski definition) is 7. The summed E-state index contributed by atoms with van der Waals surface area (Å²) in [5.41, 5.74) is 2.72. The van der Waals surface area contributed by atoms with Crippen LogP contribution in [0.15, 0.2) is 56.8 Å². The summed E-state index contributed by atoms with van der Waals surface area (Å²) in [4.78, 5) is 33.3. The number of carbonyl (C=O) groups excluding carboxylic acids is 1. The average molecular weight is 483 g/mol. The molecule has 33 heavy (non-hydrogen) atoms. The van der Waals surface area contributed by atoms with Crippen LogP contribution >= 0.6 is 22.7 Å². The van der Waals surface area contributed by atoms with Gasteiger partial charge in [-0.05, 0) is 49.4 Å². The fraction of sp³-hybridized carbons (Fsp3) is 0.320. The predicted octanol–water partition coefficient (Wildman–Crippen LogP) is 3.96. The van der Waals surface area contributed by atoms with Gasteiger partial charge in [0, 0.05) is 10.4 Å². The molecule has 2 aromatic heterocycles. The lowest BCUT2D eigenvalue weighted by Crippen LogP contribution is -2.40. The second-order valence-corrected chi connectivity index (χ2v) is 9.58. The van der Waals surface area contributed by atoms with Gasteiger partial charge in [-0.2, -0.15) is 0 Å². The highest BCUT2D eigenvalue weighted by molar-refractivity contribution is 7.11. The van der Waals surface area contributed by atoms with E-state index in [9.17, 15) is 9.59 Å². The summed E-state index contributed by atoms with van der Waals surface area (Å²) in [7, 11) is 1.59. The number of hydrogen-bond donors (Lipinski definition) is 0. The zero-order valence-electron chi connectivity index (χ0n) is 19.1. The number of methoxy groups -OCH3 is 1. The van der Waals surface area contributed by atoms with Gasteiger partial charge in [-0.1, -0.05) is 42.9 Å². The summed E-state index contributed by atoms with van der Waals surface area (Å²) >= 11 is 2.94. The van der Waals surface area contributed by atoms with Crippen LogP contribution in [0.1, 0.15) is 48.7 Å². The Hall–Kier alpha value is -2.97. The third kappa shape index (κ3) is 4.32. The van der Waals surface area contributed by atoms with Crippen molar-refractivity contribution in [1.82, 2.24) is 4.57 Å². The van der Waals surface area contributed by atoms with Crippen molar-refractivity contribution >= 4 is 34.7 Å². The van der Waals surface area contributed by atoms with Gasteiger partial charge in [-0.25, -0.2) is 9.79 Å². The number of aryl methyl sites for hydroxylation is 1. The highest BCUT2D eigenvalue weighted by atomic mass is 32.1. The summed E-state index contributed by atoms with van der Waals surface area (Å²) in [5.74, 6) is 0.148. The van der Waals surface area contributed by atoms with Crippen molar-refractivity contribution in [2.45, 2.75) is 39.7 Å². The Morgan fingerprint density at radius 2 is 2.03 bits per heavy atom. The number of fused-ring (bicyclic) bond motifs is 1. The maximum Gasteiger partial charge on any atom is 0.338 e. The first-order valence-corrected chi connectivity index (χ1v) is 12.6. The lowest BCUT2D eigenvalue weighted by molar-refractivity contribution is -0.139. The molecule has 8 heteroatoms. The summed E-state index contributed by atoms with van der Waals surface area (Å²) in [6.45, 7) is 6.07. The van der Waals surface area contributed by atoms with Crippen LogP contribution in [0.2, 0.25) is 0 Å². The van der Waals surface area contributed by atoms with Crippen molar-refractivity contribution in [3.8, 4) is 5.75 Å². The molecule has 4 rings (SSSR count). The van der Waals surface area contributed by atoms with Gasteiger partial charge < -0.3 is 9.47 Å². The zero-order chi connectivity index (χ0) is 23.5. The van der Waals surface area contributed by atoms with Crippen LogP contribution < -0.4 is 19.6 Å². The lowest BCUT2D eigenvalue weighted by Gasteiger charge is -2.26. The molecular weight excluding hydrogens is 456 g/mol. The Kier molecular flexibility index (Phi) is 6.95. The number of thiazole rings is 1. The zero-order valence-corrected chi connectivity index (χ0v) is 20.7. The third-order valence-corrected chi connectivity index (χ3v) is 7.44. The number of aromatic nitrogens is 1. The van der Waals surface area contributed by atoms with E-state index in [-0.39, 0.29) is 12.2 Å². The van der Waals surface area contributed by atoms with Crippen LogP contribution in [-0.4, -0.2) is 24.3 Å². The Morgan fingerprint density at radius 1 is 1.24 bits per heavy atom. The van der Waals surface area contributed by atoms with Crippen LogP contribution in [0, 0.1) is 6.92 Å². The summed E-state index contributed by atoms with van der Waals surface area (Å²) in [6, 6.07) is 8.83. The van der Waals surface area contributed by atoms with Crippen LogP contribution in [0.3, 0.4) is 0 Å². The molecular formula is C25H26N2O4S2. The maximum atomic E-state index is 13.7. The Labute approximate surface area is 200 Å². The smallest absolute Gasteiger partial charge is 0.338 e. The molecule has 0 aliphatic carbocycles. The van der Waals surface area contributed by atoms with E-state index in [1.54, 1.807) is 29.9 Å². The molecule has 1 aliphatic heterocycles. The number of thiophene rings is 1. The minimum absolute atomic E-state index is 0.181. The van der Waals surface area contributed by atoms with Crippen molar-refractivity contribution in [2.75, 3.05) is 13.7 Å². The number of rotatable bonds is 7. The fourth-order valence-corrected chi connectivity index (χ4v) is 5.89. The summed E-state index contributed by atoms with van der Waals surface area (Å²) in [6.07, 6.45) is 3.33. The topological polar surface area (TPSA) is 69.9 Å². The minimum Gasteiger partial charge on any atom is -0.496 e. The summed E-state index contributed by atoms with van der Waals surface area (Å²) in [5, 5.41) is 2.01. The molecule has 172 valence electrons. The van der Waals surface area contributed by atoms with Crippen molar-refractivity contribution < 1.29 is 14.3 Å². The first kappa shape index (κ1) is 23.2. The molecule has 0 amide bonds. The standard InChI is InChI=1S/C25H26N2O4S2/c1-5-9-17-21(24(29)31-6-2)22(16-10-7-8-11-18(16)30-4)27-23(28)20(33-25(27)26-17)14-19-15(3)12-13-32-19/h7-8,10-14,22H,5-6,9H2,1-4H3/t22-/m1/s1. The normalized spacial score (nSPS) is 15.9. The third-order valence-electron chi connectivity index (χ3n) is 5.49. The fourth-order valence-electron chi connectivity index (χ4n) is 3.96. The average Bonchev–Trinajstić information content (AvgIpc) is 3.35. The van der Waals surface area contributed by atoms with Gasteiger partial charge in [0.25, 0.3) is 5.56 Å². The molecule has 1 atom stereocenters. The number of carbonyl (C=O) groups is 1. The number of allylic oxidation sites excluding steroid dienone is 1. The molecule has 1 aliphatic rings. The first-order valence-electron chi connectivity index (χ1n) is 10.9. The molecule has 0 N–H and O–H groups in total. The van der Waals surface area contributed by atoms with E-state index in [1.165, 1.54) is 11.3 Å². The van der Waals surface area contributed by atoms with E-state index in [2.05, 4.69) is 0 Å². The van der Waals surface area contributed by atoms with Gasteiger partial charge in [0.2, 0.25) is 0 Å². The molecule has 0 bridgehead atoms. The van der Waals surface area contributed by atoms with Crippen molar-refractivity contribution in [3.63, 3.8) is 0 Å². The number of esters is 1. The number of para-hydroxylation sites is 1. The second-order valence-electron chi connectivity index (χ2n) is 7.62. The van der Waals surface area contributed by atoms with Crippen molar-refractivity contribution in [1.29, 1.82) is 0 Å². The molecule has 0 saturated heterocycles. The Balaban J connectivity index is 2.05. The number of nitrogens with zero attached hydrogens (tertiary/aromatic N) is 2. The van der Waals surface area contributed by atoms with Crippen LogP contribution in [0.5, 0.6) is 5.75 Å². The van der Waals surface area contributed by atoms with Gasteiger partial charge in [0.1, 0.15) is 11.8 Å². The van der Waals surface area contributed by atoms with Gasteiger partial charge in [-0.3, -0.25) is 9.36 Å². The largest absolute Gasteiger partial charge is 0.496 e. The molecule has 0 saturated carbocycles. The second kappa shape index (κ2) is 9.89. The highest BCUT2D eigenvalue weighted by Gasteiger charge is 2.35. The van der Waals surface area contributed by atoms with E-state index in [4.69, 9.17) is 14.5 Å². The van der Waals surface area contributed by atoms with Crippen LogP contribution in [0.4, 0.5) is 0 Å². The lowest BCUT2D eigenvalue weighted by atomic mass is 9.93. The van der Waals surface area contributed by atoms with Crippen molar-refractivity contribution in [2.24, 2.45) is 4.99 Å².